The summed E-state index contributed by atoms with van der Waals surface area (Å²) in [7, 11) is 2.44. The van der Waals surface area contributed by atoms with Gasteiger partial charge in [-0.15, -0.1) is 0 Å². The zero-order valence-electron chi connectivity index (χ0n) is 16.9. The summed E-state index contributed by atoms with van der Waals surface area (Å²) >= 11 is 0. The van der Waals surface area contributed by atoms with Crippen molar-refractivity contribution < 1.29 is 4.48 Å². The molecule has 0 fully saturated rings. The van der Waals surface area contributed by atoms with Gasteiger partial charge in [0.15, 0.2) is 0 Å². The van der Waals surface area contributed by atoms with Gasteiger partial charge in [-0.25, -0.2) is 0 Å². The van der Waals surface area contributed by atoms with Crippen molar-refractivity contribution >= 4 is 0 Å². The maximum Gasteiger partial charge on any atom is 0.104 e. The second-order valence-electron chi connectivity index (χ2n) is 8.12. The Labute approximate surface area is 152 Å². The van der Waals surface area contributed by atoms with E-state index in [-0.39, 0.29) is 0 Å². The van der Waals surface area contributed by atoms with Crippen LogP contribution in [0.15, 0.2) is 30.3 Å². The highest BCUT2D eigenvalue weighted by atomic mass is 15.3. The van der Waals surface area contributed by atoms with Gasteiger partial charge in [-0.1, -0.05) is 88.6 Å². The van der Waals surface area contributed by atoms with E-state index in [1.54, 1.807) is 0 Å². The quantitative estimate of drug-likeness (QED) is 0.255. The van der Waals surface area contributed by atoms with Gasteiger partial charge in [-0.3, -0.25) is 0 Å². The molecule has 138 valence electrons. The Morgan fingerprint density at radius 2 is 1.25 bits per heavy atom. The van der Waals surface area contributed by atoms with Crippen LogP contribution in [-0.2, 0) is 6.54 Å². The summed E-state index contributed by atoms with van der Waals surface area (Å²) in [5.41, 5.74) is 1.47. The Morgan fingerprint density at radius 3 is 1.75 bits per heavy atom. The Balaban J connectivity index is 2.18. The molecular weight excluding hydrogens is 290 g/mol. The van der Waals surface area contributed by atoms with E-state index in [4.69, 9.17) is 0 Å². The van der Waals surface area contributed by atoms with E-state index in [0.717, 1.165) is 6.54 Å². The van der Waals surface area contributed by atoms with Crippen molar-refractivity contribution in [2.24, 2.45) is 0 Å². The first-order chi connectivity index (χ1) is 11.6. The number of quaternary nitrogens is 1. The summed E-state index contributed by atoms with van der Waals surface area (Å²) in [5, 5.41) is 0. The molecule has 0 saturated heterocycles. The normalized spacial score (nSPS) is 14.0. The largest absolute Gasteiger partial charge is 0.320 e. The van der Waals surface area contributed by atoms with E-state index in [1.807, 2.05) is 0 Å². The van der Waals surface area contributed by atoms with E-state index >= 15 is 0 Å². The van der Waals surface area contributed by atoms with Gasteiger partial charge in [-0.2, -0.15) is 0 Å². The van der Waals surface area contributed by atoms with Gasteiger partial charge in [0, 0.05) is 5.56 Å². The highest BCUT2D eigenvalue weighted by Crippen LogP contribution is 2.19. The number of hydrogen-bond donors (Lipinski definition) is 0. The molecule has 1 nitrogen and oxygen atoms in total. The monoisotopic (exact) mass is 332 g/mol. The van der Waals surface area contributed by atoms with Crippen molar-refractivity contribution in [3.05, 3.63) is 35.9 Å². The highest BCUT2D eigenvalue weighted by Gasteiger charge is 2.25. The van der Waals surface area contributed by atoms with Crippen LogP contribution in [0.1, 0.15) is 90.5 Å². The first-order valence-electron chi connectivity index (χ1n) is 10.5. The Morgan fingerprint density at radius 1 is 0.750 bits per heavy atom. The molecule has 0 amide bonds. The van der Waals surface area contributed by atoms with Crippen molar-refractivity contribution in [3.8, 4) is 0 Å². The predicted octanol–water partition coefficient (Wildman–Crippen LogP) is 6.96. The lowest BCUT2D eigenvalue weighted by Gasteiger charge is -2.39. The highest BCUT2D eigenvalue weighted by molar-refractivity contribution is 5.13. The van der Waals surface area contributed by atoms with Crippen LogP contribution in [0.2, 0.25) is 0 Å². The summed E-state index contributed by atoms with van der Waals surface area (Å²) < 4.78 is 1.17. The van der Waals surface area contributed by atoms with Crippen molar-refractivity contribution in [2.75, 3.05) is 13.6 Å². The third-order valence-electron chi connectivity index (χ3n) is 5.66. The number of nitrogens with zero attached hydrogens (tertiary/aromatic N) is 1. The van der Waals surface area contributed by atoms with Crippen LogP contribution < -0.4 is 0 Å². The number of rotatable bonds is 14. The minimum absolute atomic E-state index is 0.684. The zero-order valence-corrected chi connectivity index (χ0v) is 16.9. The maximum atomic E-state index is 2.44. The van der Waals surface area contributed by atoms with Gasteiger partial charge in [0.2, 0.25) is 0 Å². The summed E-state index contributed by atoms with van der Waals surface area (Å²) in [5.74, 6) is 0. The van der Waals surface area contributed by atoms with E-state index in [2.05, 4.69) is 58.2 Å². The predicted molar refractivity (Wildman–Crippen MR) is 108 cm³/mol. The lowest BCUT2D eigenvalue weighted by atomic mass is 10.1. The van der Waals surface area contributed by atoms with Crippen molar-refractivity contribution in [2.45, 2.75) is 97.6 Å². The van der Waals surface area contributed by atoms with Crippen LogP contribution >= 0.6 is 0 Å². The summed E-state index contributed by atoms with van der Waals surface area (Å²) in [6.45, 7) is 9.51. The first kappa shape index (κ1) is 21.2. The van der Waals surface area contributed by atoms with E-state index < -0.39 is 0 Å². The van der Waals surface area contributed by atoms with Gasteiger partial charge >= 0.3 is 0 Å². The Hall–Kier alpha value is -0.820. The van der Waals surface area contributed by atoms with E-state index in [0.29, 0.717) is 6.04 Å². The molecule has 0 radical (unpaired) electrons. The molecule has 24 heavy (non-hydrogen) atoms. The standard InChI is InChI=1S/C23H42N/c1-5-6-7-8-9-10-11-12-13-17-20-24(4,22(2)3)21-23-18-15-14-16-19-23/h14-16,18-19,22H,5-13,17,20-21H2,1-4H3/q+1. The van der Waals surface area contributed by atoms with Gasteiger partial charge in [-0.05, 0) is 26.7 Å². The fourth-order valence-electron chi connectivity index (χ4n) is 3.48. The third-order valence-corrected chi connectivity index (χ3v) is 5.66. The minimum atomic E-state index is 0.684. The van der Waals surface area contributed by atoms with Gasteiger partial charge < -0.3 is 4.48 Å². The molecule has 0 heterocycles. The molecule has 1 atom stereocenters. The number of benzene rings is 1. The molecule has 1 unspecified atom stereocenters. The minimum Gasteiger partial charge on any atom is -0.320 e. The maximum absolute atomic E-state index is 2.44. The van der Waals surface area contributed by atoms with Crippen molar-refractivity contribution in [1.82, 2.24) is 0 Å². The van der Waals surface area contributed by atoms with Gasteiger partial charge in [0.1, 0.15) is 6.54 Å². The molecule has 0 saturated carbocycles. The smallest absolute Gasteiger partial charge is 0.104 e. The fraction of sp³-hybridized carbons (Fsp3) is 0.739. The zero-order chi connectivity index (χ0) is 17.7. The topological polar surface area (TPSA) is 0 Å². The molecule has 0 aliphatic rings. The van der Waals surface area contributed by atoms with Crippen LogP contribution in [0.3, 0.4) is 0 Å². The van der Waals surface area contributed by atoms with Gasteiger partial charge in [0.05, 0.1) is 19.6 Å². The fourth-order valence-corrected chi connectivity index (χ4v) is 3.48. The average molecular weight is 333 g/mol. The Bertz CT molecular complexity index is 398. The second-order valence-corrected chi connectivity index (χ2v) is 8.12. The summed E-state index contributed by atoms with van der Waals surface area (Å²) in [4.78, 5) is 0. The van der Waals surface area contributed by atoms with Crippen LogP contribution in [0.4, 0.5) is 0 Å². The Kier molecular flexibility index (Phi) is 11.1. The summed E-state index contributed by atoms with van der Waals surface area (Å²) in [6.07, 6.45) is 14.2. The molecule has 0 aliphatic heterocycles. The molecule has 1 rings (SSSR count). The van der Waals surface area contributed by atoms with Crippen LogP contribution in [0, 0.1) is 0 Å². The van der Waals surface area contributed by atoms with Crippen LogP contribution in [-0.4, -0.2) is 24.1 Å². The molecule has 0 aromatic heterocycles. The molecule has 1 heteroatoms. The summed E-state index contributed by atoms with van der Waals surface area (Å²) in [6, 6.07) is 11.7. The number of unbranched alkanes of at least 4 members (excludes halogenated alkanes) is 9. The second kappa shape index (κ2) is 12.5. The molecule has 0 aliphatic carbocycles. The molecule has 0 N–H and O–H groups in total. The van der Waals surface area contributed by atoms with Gasteiger partial charge in [0.25, 0.3) is 0 Å². The average Bonchev–Trinajstić information content (AvgIpc) is 2.57. The van der Waals surface area contributed by atoms with Crippen LogP contribution in [0.5, 0.6) is 0 Å². The SMILES string of the molecule is CCCCCCCCCCCC[N+](C)(Cc1ccccc1)C(C)C. The van der Waals surface area contributed by atoms with Crippen molar-refractivity contribution in [3.63, 3.8) is 0 Å². The van der Waals surface area contributed by atoms with Crippen molar-refractivity contribution in [1.29, 1.82) is 0 Å². The van der Waals surface area contributed by atoms with E-state index in [9.17, 15) is 0 Å². The lowest BCUT2D eigenvalue weighted by Crippen LogP contribution is -2.49. The molecule has 0 spiro atoms. The number of hydrogen-bond acceptors (Lipinski definition) is 0. The third kappa shape index (κ3) is 8.87. The lowest BCUT2D eigenvalue weighted by molar-refractivity contribution is -0.942. The first-order valence-corrected chi connectivity index (χ1v) is 10.5. The molecular formula is C23H42N+. The van der Waals surface area contributed by atoms with E-state index in [1.165, 1.54) is 80.8 Å². The molecule has 0 bridgehead atoms. The van der Waals surface area contributed by atoms with Crippen LogP contribution in [0.25, 0.3) is 0 Å². The molecule has 1 aromatic rings. The molecule has 1 aromatic carbocycles.